The quantitative estimate of drug-likeness (QED) is 0.277. The molecule has 0 aliphatic carbocycles. The number of rotatable bonds is 14. The molecule has 0 fully saturated rings. The first-order valence-corrected chi connectivity index (χ1v) is 9.63. The third kappa shape index (κ3) is 11.6. The molecule has 5 heteroatoms. The molecule has 0 aromatic rings. The Hall–Kier alpha value is 0.0569. The Morgan fingerprint density at radius 3 is 2.11 bits per heavy atom. The molecule has 0 heterocycles. The normalized spacial score (nSPS) is 12.3. The van der Waals surface area contributed by atoms with Crippen LogP contribution < -0.4 is 0 Å². The summed E-state index contributed by atoms with van der Waals surface area (Å²) in [5.74, 6) is 0.102. The van der Waals surface area contributed by atoms with Gasteiger partial charge in [-0.05, 0) is 33.4 Å². The highest BCUT2D eigenvalue weighted by Gasteiger charge is 2.07. The lowest BCUT2D eigenvalue weighted by molar-refractivity contribution is -0.0828. The van der Waals surface area contributed by atoms with E-state index in [0.717, 1.165) is 52.5 Å². The molecule has 0 atom stereocenters. The summed E-state index contributed by atoms with van der Waals surface area (Å²) in [4.78, 5) is 2.38. The minimum atomic E-state index is -0.290. The predicted octanol–water partition coefficient (Wildman–Crippen LogP) is 1.68. The highest BCUT2D eigenvalue weighted by Crippen LogP contribution is 1.99. The van der Waals surface area contributed by atoms with E-state index in [4.69, 9.17) is 14.2 Å². The Balaban J connectivity index is 3.38. The maximum Gasteiger partial charge on any atom is 0.134 e. The van der Waals surface area contributed by atoms with Gasteiger partial charge in [-0.3, -0.25) is 0 Å². The lowest BCUT2D eigenvalue weighted by atomic mass is 10.5. The largest absolute Gasteiger partial charge is 0.380 e. The molecule has 4 nitrogen and oxygen atoms in total. The van der Waals surface area contributed by atoms with Crippen LogP contribution in [-0.4, -0.2) is 66.4 Å². The number of likely N-dealkylation sites (N-methyl/N-ethyl adjacent to an activating group) is 1. The Morgan fingerprint density at radius 2 is 1.58 bits per heavy atom. The van der Waals surface area contributed by atoms with Gasteiger partial charge in [-0.2, -0.15) is 0 Å². The van der Waals surface area contributed by atoms with Crippen LogP contribution in [0.5, 0.6) is 0 Å². The molecule has 0 saturated heterocycles. The van der Waals surface area contributed by atoms with E-state index in [2.05, 4.69) is 18.7 Å². The van der Waals surface area contributed by atoms with Gasteiger partial charge >= 0.3 is 0 Å². The average molecular weight is 292 g/mol. The summed E-state index contributed by atoms with van der Waals surface area (Å²) in [5.41, 5.74) is 0. The summed E-state index contributed by atoms with van der Waals surface area (Å²) < 4.78 is 16.8. The summed E-state index contributed by atoms with van der Waals surface area (Å²) in [6, 6.07) is 1.23. The van der Waals surface area contributed by atoms with Gasteiger partial charge in [0.1, 0.15) is 5.91 Å². The minimum absolute atomic E-state index is 0.102. The fourth-order valence-electron chi connectivity index (χ4n) is 1.94. The highest BCUT2D eigenvalue weighted by molar-refractivity contribution is 6.36. The van der Waals surface area contributed by atoms with Crippen molar-refractivity contribution >= 4 is 9.52 Å². The third-order valence-electron chi connectivity index (χ3n) is 3.13. The average Bonchev–Trinajstić information content (AvgIpc) is 2.42. The van der Waals surface area contributed by atoms with E-state index in [9.17, 15) is 0 Å². The van der Waals surface area contributed by atoms with E-state index in [1.54, 1.807) is 0 Å². The maximum absolute atomic E-state index is 5.67. The van der Waals surface area contributed by atoms with Gasteiger partial charge in [0.15, 0.2) is 0 Å². The van der Waals surface area contributed by atoms with Crippen LogP contribution in [0.1, 0.15) is 34.1 Å². The Bertz CT molecular complexity index is 174. The highest BCUT2D eigenvalue weighted by atomic mass is 28.2. The second-order valence-electron chi connectivity index (χ2n) is 4.48. The lowest BCUT2D eigenvalue weighted by Crippen LogP contribution is -2.27. The van der Waals surface area contributed by atoms with Crippen LogP contribution >= 0.6 is 0 Å². The van der Waals surface area contributed by atoms with E-state index in [1.165, 1.54) is 6.04 Å². The van der Waals surface area contributed by atoms with Crippen molar-refractivity contribution in [2.24, 2.45) is 0 Å². The predicted molar refractivity (Wildman–Crippen MR) is 83.6 cm³/mol. The van der Waals surface area contributed by atoms with Gasteiger partial charge < -0.3 is 19.1 Å². The van der Waals surface area contributed by atoms with Crippen molar-refractivity contribution in [3.8, 4) is 0 Å². The van der Waals surface area contributed by atoms with E-state index < -0.39 is 0 Å². The van der Waals surface area contributed by atoms with Crippen LogP contribution in [-0.2, 0) is 14.2 Å². The zero-order valence-electron chi connectivity index (χ0n) is 13.3. The Labute approximate surface area is 121 Å². The standard InChI is InChI=1S/C14H33NO3Si/c1-5-15(6-2)10-12-16-11-9-13-19-14(17-7-3)18-8-4/h14H,5-13,19H2,1-4H3. The van der Waals surface area contributed by atoms with Crippen LogP contribution in [0.25, 0.3) is 0 Å². The van der Waals surface area contributed by atoms with E-state index >= 15 is 0 Å². The van der Waals surface area contributed by atoms with Crippen molar-refractivity contribution in [2.75, 3.05) is 46.1 Å². The fourth-order valence-corrected chi connectivity index (χ4v) is 3.57. The Kier molecular flexibility index (Phi) is 14.5. The van der Waals surface area contributed by atoms with Crippen molar-refractivity contribution in [1.29, 1.82) is 0 Å². The molecule has 0 rings (SSSR count). The summed E-state index contributed by atoms with van der Waals surface area (Å²) in [6.07, 6.45) is 1.14. The van der Waals surface area contributed by atoms with Gasteiger partial charge in [-0.25, -0.2) is 0 Å². The SMILES string of the molecule is CCOC(OCC)[SiH2]CCCOCCN(CC)CC. The molecular weight excluding hydrogens is 258 g/mol. The van der Waals surface area contributed by atoms with Crippen LogP contribution in [0, 0.1) is 0 Å². The number of nitrogens with zero attached hydrogens (tertiary/aromatic N) is 1. The van der Waals surface area contributed by atoms with Gasteiger partial charge in [-0.1, -0.05) is 19.9 Å². The molecule has 0 amide bonds. The molecule has 0 aliphatic heterocycles. The molecule has 0 aromatic heterocycles. The topological polar surface area (TPSA) is 30.9 Å². The maximum atomic E-state index is 5.67. The monoisotopic (exact) mass is 291 g/mol. The van der Waals surface area contributed by atoms with Crippen LogP contribution in [0.2, 0.25) is 6.04 Å². The van der Waals surface area contributed by atoms with Crippen molar-refractivity contribution in [3.63, 3.8) is 0 Å². The van der Waals surface area contributed by atoms with Crippen LogP contribution in [0.3, 0.4) is 0 Å². The third-order valence-corrected chi connectivity index (χ3v) is 4.98. The Morgan fingerprint density at radius 1 is 0.947 bits per heavy atom. The first kappa shape index (κ1) is 19.1. The molecule has 19 heavy (non-hydrogen) atoms. The minimum Gasteiger partial charge on any atom is -0.380 e. The summed E-state index contributed by atoms with van der Waals surface area (Å²) in [5, 5.41) is 0. The van der Waals surface area contributed by atoms with E-state index in [0.29, 0.717) is 0 Å². The second-order valence-corrected chi connectivity index (χ2v) is 6.43. The van der Waals surface area contributed by atoms with E-state index in [1.807, 2.05) is 13.8 Å². The molecule has 0 radical (unpaired) electrons. The van der Waals surface area contributed by atoms with Crippen LogP contribution in [0.4, 0.5) is 0 Å². The van der Waals surface area contributed by atoms with Crippen LogP contribution in [0.15, 0.2) is 0 Å². The molecule has 0 spiro atoms. The van der Waals surface area contributed by atoms with Gasteiger partial charge in [-0.15, -0.1) is 0 Å². The second kappa shape index (κ2) is 14.5. The van der Waals surface area contributed by atoms with Gasteiger partial charge in [0.25, 0.3) is 0 Å². The lowest BCUT2D eigenvalue weighted by Gasteiger charge is -2.18. The molecule has 116 valence electrons. The molecule has 0 N–H and O–H groups in total. The van der Waals surface area contributed by atoms with Crippen molar-refractivity contribution in [3.05, 3.63) is 0 Å². The smallest absolute Gasteiger partial charge is 0.134 e. The fraction of sp³-hybridized carbons (Fsp3) is 1.00. The molecule has 0 aliphatic rings. The van der Waals surface area contributed by atoms with Gasteiger partial charge in [0.05, 0.1) is 16.1 Å². The number of hydrogen-bond acceptors (Lipinski definition) is 4. The summed E-state index contributed by atoms with van der Waals surface area (Å²) >= 11 is 0. The first-order valence-electron chi connectivity index (χ1n) is 7.81. The van der Waals surface area contributed by atoms with Gasteiger partial charge in [0.2, 0.25) is 0 Å². The zero-order chi connectivity index (χ0) is 14.3. The molecule has 0 saturated carbocycles. The molecule has 0 bridgehead atoms. The summed E-state index contributed by atoms with van der Waals surface area (Å²) in [7, 11) is -0.290. The number of ether oxygens (including phenoxy) is 3. The zero-order valence-corrected chi connectivity index (χ0v) is 14.7. The molecule has 0 unspecified atom stereocenters. The molecular formula is C14H33NO3Si. The summed E-state index contributed by atoms with van der Waals surface area (Å²) in [6.45, 7) is 14.9. The molecule has 0 aromatic carbocycles. The van der Waals surface area contributed by atoms with Crippen molar-refractivity contribution in [2.45, 2.75) is 46.1 Å². The van der Waals surface area contributed by atoms with E-state index in [-0.39, 0.29) is 15.4 Å². The van der Waals surface area contributed by atoms with Crippen molar-refractivity contribution < 1.29 is 14.2 Å². The number of hydrogen-bond donors (Lipinski definition) is 0. The van der Waals surface area contributed by atoms with Crippen molar-refractivity contribution in [1.82, 2.24) is 4.90 Å². The van der Waals surface area contributed by atoms with Gasteiger partial charge in [0, 0.05) is 26.4 Å². The first-order chi connectivity index (χ1) is 9.28.